The first-order valence-electron chi connectivity index (χ1n) is 16.1. The molecule has 7 heteroatoms. The summed E-state index contributed by atoms with van der Waals surface area (Å²) in [7, 11) is 0. The molecule has 244 valence electrons. The van der Waals surface area contributed by atoms with Gasteiger partial charge in [0.25, 0.3) is 5.24 Å². The van der Waals surface area contributed by atoms with Gasteiger partial charge in [0.2, 0.25) is 5.60 Å². The maximum Gasteiger partial charge on any atom is 0.276 e. The average molecular weight is 690 g/mol. The quantitative estimate of drug-likeness (QED) is 0.0600. The Morgan fingerprint density at radius 3 is 1.24 bits per heavy atom. The Labute approximate surface area is 300 Å². The lowest BCUT2D eigenvalue weighted by Crippen LogP contribution is -2.38. The number of carbonyl (C=O) groups is 1. The molecule has 0 aliphatic heterocycles. The molecule has 0 atom stereocenters. The molecule has 0 aliphatic rings. The van der Waals surface area contributed by atoms with Crippen molar-refractivity contribution in [2.75, 3.05) is 5.32 Å². The molecule has 6 aromatic carbocycles. The van der Waals surface area contributed by atoms with Crippen LogP contribution < -0.4 is 5.32 Å². The highest BCUT2D eigenvalue weighted by Gasteiger charge is 2.41. The van der Waals surface area contributed by atoms with Crippen LogP contribution in [0.1, 0.15) is 39.1 Å². The summed E-state index contributed by atoms with van der Waals surface area (Å²) in [5.41, 5.74) is 3.78. The van der Waals surface area contributed by atoms with Gasteiger partial charge >= 0.3 is 0 Å². The number of anilines is 1. The first kappa shape index (κ1) is 32.7. The SMILES string of the molecule is O=C(Cl)/C(=N/OC(c1ccccc1)(c1ccccc1)c1ccccc1)c1csc(NC(c2ccccc2)(c2ccccc2)c2ccccc2)n1. The summed E-state index contributed by atoms with van der Waals surface area (Å²) in [4.78, 5) is 24.6. The van der Waals surface area contributed by atoms with Crippen molar-refractivity contribution in [3.8, 4) is 0 Å². The van der Waals surface area contributed by atoms with Crippen LogP contribution >= 0.6 is 22.9 Å². The molecule has 1 N–H and O–H groups in total. The molecule has 5 nitrogen and oxygen atoms in total. The Balaban J connectivity index is 1.34. The van der Waals surface area contributed by atoms with Crippen LogP contribution in [0.4, 0.5) is 5.13 Å². The topological polar surface area (TPSA) is 63.6 Å². The lowest BCUT2D eigenvalue weighted by molar-refractivity contribution is -0.106. The van der Waals surface area contributed by atoms with E-state index in [1.807, 2.05) is 146 Å². The Kier molecular flexibility index (Phi) is 9.65. The Hall–Kier alpha value is -5.82. The summed E-state index contributed by atoms with van der Waals surface area (Å²) in [6.07, 6.45) is 0. The number of carbonyl (C=O) groups excluding carboxylic acids is 1. The van der Waals surface area contributed by atoms with Crippen molar-refractivity contribution in [3.63, 3.8) is 0 Å². The monoisotopic (exact) mass is 689 g/mol. The predicted octanol–water partition coefficient (Wildman–Crippen LogP) is 10.0. The summed E-state index contributed by atoms with van der Waals surface area (Å²) in [5, 5.41) is 9.85. The van der Waals surface area contributed by atoms with Gasteiger partial charge in [-0.2, -0.15) is 0 Å². The van der Waals surface area contributed by atoms with Gasteiger partial charge in [0, 0.05) is 22.1 Å². The van der Waals surface area contributed by atoms with Crippen molar-refractivity contribution >= 4 is 39.0 Å². The van der Waals surface area contributed by atoms with E-state index in [0.29, 0.717) is 10.8 Å². The first-order valence-corrected chi connectivity index (χ1v) is 17.4. The Morgan fingerprint density at radius 1 is 0.560 bits per heavy atom. The first-order chi connectivity index (χ1) is 24.6. The molecule has 0 radical (unpaired) electrons. The fourth-order valence-corrected chi connectivity index (χ4v) is 7.24. The zero-order valence-electron chi connectivity index (χ0n) is 26.9. The van der Waals surface area contributed by atoms with Crippen molar-refractivity contribution in [2.45, 2.75) is 11.1 Å². The maximum atomic E-state index is 13.1. The van der Waals surface area contributed by atoms with Crippen LogP contribution in [-0.2, 0) is 20.8 Å². The lowest BCUT2D eigenvalue weighted by Gasteiger charge is -2.36. The van der Waals surface area contributed by atoms with Gasteiger partial charge in [-0.3, -0.25) is 4.79 Å². The number of halogens is 1. The Bertz CT molecular complexity index is 1990. The van der Waals surface area contributed by atoms with E-state index in [2.05, 4.69) is 46.9 Å². The van der Waals surface area contributed by atoms with Crippen LogP contribution in [0.5, 0.6) is 0 Å². The normalized spacial score (nSPS) is 11.9. The number of nitrogens with zero attached hydrogens (tertiary/aromatic N) is 2. The zero-order valence-corrected chi connectivity index (χ0v) is 28.5. The minimum atomic E-state index is -1.19. The van der Waals surface area contributed by atoms with Crippen LogP contribution in [0.15, 0.2) is 193 Å². The van der Waals surface area contributed by atoms with E-state index in [9.17, 15) is 4.79 Å². The highest BCUT2D eigenvalue weighted by atomic mass is 35.5. The molecule has 0 saturated carbocycles. The van der Waals surface area contributed by atoms with Gasteiger partial charge in [-0.15, -0.1) is 11.3 Å². The van der Waals surface area contributed by atoms with Crippen molar-refractivity contribution in [3.05, 3.63) is 226 Å². The highest BCUT2D eigenvalue weighted by molar-refractivity contribution is 7.14. The fraction of sp³-hybridized carbons (Fsp3) is 0.0465. The van der Waals surface area contributed by atoms with Gasteiger partial charge in [-0.25, -0.2) is 4.98 Å². The van der Waals surface area contributed by atoms with E-state index in [0.717, 1.165) is 33.4 Å². The summed E-state index contributed by atoms with van der Waals surface area (Å²) in [6.45, 7) is 0. The second-order valence-corrected chi connectivity index (χ2v) is 12.8. The molecule has 1 aromatic heterocycles. The fourth-order valence-electron chi connectivity index (χ4n) is 6.36. The van der Waals surface area contributed by atoms with Gasteiger partial charge < -0.3 is 10.2 Å². The van der Waals surface area contributed by atoms with E-state index in [1.54, 1.807) is 5.38 Å². The van der Waals surface area contributed by atoms with Crippen LogP contribution in [0.25, 0.3) is 0 Å². The third-order valence-corrected chi connectivity index (χ3v) is 9.60. The van der Waals surface area contributed by atoms with Gasteiger partial charge in [-0.1, -0.05) is 187 Å². The molecule has 50 heavy (non-hydrogen) atoms. The molecule has 0 amide bonds. The zero-order chi connectivity index (χ0) is 34.2. The highest BCUT2D eigenvalue weighted by Crippen LogP contribution is 2.42. The van der Waals surface area contributed by atoms with Gasteiger partial charge in [0.05, 0.1) is 0 Å². The van der Waals surface area contributed by atoms with E-state index in [1.165, 1.54) is 11.3 Å². The predicted molar refractivity (Wildman–Crippen MR) is 203 cm³/mol. The number of rotatable bonds is 12. The lowest BCUT2D eigenvalue weighted by atomic mass is 9.77. The van der Waals surface area contributed by atoms with E-state index in [4.69, 9.17) is 21.4 Å². The molecule has 0 fully saturated rings. The number of oxime groups is 1. The molecule has 7 rings (SSSR count). The smallest absolute Gasteiger partial charge is 0.276 e. The summed E-state index contributed by atoms with van der Waals surface area (Å²) >= 11 is 7.63. The van der Waals surface area contributed by atoms with Gasteiger partial charge in [-0.05, 0) is 28.3 Å². The minimum Gasteiger partial charge on any atom is -0.374 e. The molecule has 0 unspecified atom stereocenters. The number of hydrogen-bond acceptors (Lipinski definition) is 6. The molecule has 0 bridgehead atoms. The molecule has 1 heterocycles. The van der Waals surface area contributed by atoms with Crippen LogP contribution in [0.3, 0.4) is 0 Å². The molecule has 0 aliphatic carbocycles. The van der Waals surface area contributed by atoms with Crippen molar-refractivity contribution < 1.29 is 9.63 Å². The number of hydrogen-bond donors (Lipinski definition) is 1. The van der Waals surface area contributed by atoms with Crippen molar-refractivity contribution in [1.82, 2.24) is 4.98 Å². The van der Waals surface area contributed by atoms with E-state index >= 15 is 0 Å². The van der Waals surface area contributed by atoms with Crippen LogP contribution in [-0.4, -0.2) is 15.9 Å². The molecule has 7 aromatic rings. The third kappa shape index (κ3) is 6.34. The third-order valence-electron chi connectivity index (χ3n) is 8.66. The Morgan fingerprint density at radius 2 is 0.900 bits per heavy atom. The van der Waals surface area contributed by atoms with Crippen molar-refractivity contribution in [2.24, 2.45) is 5.16 Å². The van der Waals surface area contributed by atoms with Gasteiger partial charge in [0.1, 0.15) is 11.2 Å². The van der Waals surface area contributed by atoms with E-state index in [-0.39, 0.29) is 5.71 Å². The standard InChI is InChI=1S/C43H32ClN3O2S/c44-40(48)39(47-49-43(35-25-13-4-14-26-35,36-27-15-5-16-28-36)37-29-17-6-18-30-37)38-31-50-41(45-38)46-42(32-19-7-1-8-20-32,33-21-9-2-10-22-33)34-23-11-3-12-24-34/h1-31H,(H,45,46)/b47-39+. The van der Waals surface area contributed by atoms with Crippen LogP contribution in [0.2, 0.25) is 0 Å². The summed E-state index contributed by atoms with van der Waals surface area (Å²) in [6, 6.07) is 60.2. The minimum absolute atomic E-state index is 0.104. The number of aromatic nitrogens is 1. The maximum absolute atomic E-state index is 13.1. The number of thiazole rings is 1. The summed E-state index contributed by atoms with van der Waals surface area (Å²) in [5.74, 6) is 0. The van der Waals surface area contributed by atoms with Crippen LogP contribution in [0, 0.1) is 0 Å². The number of benzene rings is 6. The second-order valence-electron chi connectivity index (χ2n) is 11.6. The molecule has 0 spiro atoms. The van der Waals surface area contributed by atoms with E-state index < -0.39 is 16.4 Å². The molecular weight excluding hydrogens is 658 g/mol. The van der Waals surface area contributed by atoms with Gasteiger partial charge in [0.15, 0.2) is 10.8 Å². The average Bonchev–Trinajstić information content (AvgIpc) is 3.65. The molecular formula is C43H32ClN3O2S. The summed E-state index contributed by atoms with van der Waals surface area (Å²) < 4.78 is 0. The van der Waals surface area contributed by atoms with Crippen molar-refractivity contribution in [1.29, 1.82) is 0 Å². The second kappa shape index (κ2) is 14.7. The largest absolute Gasteiger partial charge is 0.374 e. The number of nitrogens with one attached hydrogen (secondary N) is 1. The molecule has 0 saturated heterocycles.